The van der Waals surface area contributed by atoms with Gasteiger partial charge in [-0.3, -0.25) is 4.79 Å². The molecule has 32 heavy (non-hydrogen) atoms. The number of hydrogen-bond acceptors (Lipinski definition) is 6. The van der Waals surface area contributed by atoms with Crippen LogP contribution < -0.4 is 14.2 Å². The van der Waals surface area contributed by atoms with E-state index in [1.165, 1.54) is 16.3 Å². The Labute approximate surface area is 191 Å². The fourth-order valence-corrected chi connectivity index (χ4v) is 4.89. The summed E-state index contributed by atoms with van der Waals surface area (Å²) in [6, 6.07) is 20.2. The van der Waals surface area contributed by atoms with Gasteiger partial charge in [0.25, 0.3) is 0 Å². The number of fused-ring (bicyclic) bond motifs is 2. The molecule has 0 spiro atoms. The first kappa shape index (κ1) is 21.0. The predicted molar refractivity (Wildman–Crippen MR) is 124 cm³/mol. The predicted octanol–water partition coefficient (Wildman–Crippen LogP) is 4.11. The average molecular weight is 452 g/mol. The molecule has 1 saturated heterocycles. The maximum atomic E-state index is 12.8. The van der Waals surface area contributed by atoms with E-state index in [1.54, 1.807) is 11.8 Å². The van der Waals surface area contributed by atoms with Gasteiger partial charge in [0, 0.05) is 18.4 Å². The third-order valence-corrected chi connectivity index (χ3v) is 6.60. The first-order chi connectivity index (χ1) is 15.8. The van der Waals surface area contributed by atoms with Crippen molar-refractivity contribution in [2.45, 2.75) is 11.9 Å². The van der Waals surface area contributed by atoms with Crippen molar-refractivity contribution >= 4 is 28.4 Å². The Morgan fingerprint density at radius 3 is 2.91 bits per heavy atom. The summed E-state index contributed by atoms with van der Waals surface area (Å²) in [6.07, 6.45) is -0.152. The van der Waals surface area contributed by atoms with Gasteiger partial charge in [-0.05, 0) is 28.5 Å². The molecule has 0 radical (unpaired) electrons. The normalized spacial score (nSPS) is 17.5. The quantitative estimate of drug-likeness (QED) is 0.539. The molecule has 0 aliphatic carbocycles. The average Bonchev–Trinajstić information content (AvgIpc) is 3.31. The van der Waals surface area contributed by atoms with Gasteiger partial charge in [-0.1, -0.05) is 42.5 Å². The van der Waals surface area contributed by atoms with Crippen LogP contribution in [0.3, 0.4) is 0 Å². The molecule has 2 heterocycles. The summed E-state index contributed by atoms with van der Waals surface area (Å²) in [4.78, 5) is 14.7. The Balaban J connectivity index is 1.10. The van der Waals surface area contributed by atoms with Crippen LogP contribution >= 0.6 is 11.8 Å². The van der Waals surface area contributed by atoms with Gasteiger partial charge in [-0.25, -0.2) is 0 Å². The van der Waals surface area contributed by atoms with Crippen LogP contribution in [-0.4, -0.2) is 55.8 Å². The van der Waals surface area contributed by atoms with Gasteiger partial charge in [0.05, 0.1) is 18.9 Å². The van der Waals surface area contributed by atoms with E-state index in [2.05, 4.69) is 36.4 Å². The summed E-state index contributed by atoms with van der Waals surface area (Å²) in [5.41, 5.74) is 1.26. The van der Waals surface area contributed by atoms with Crippen molar-refractivity contribution in [2.75, 3.05) is 38.8 Å². The summed E-state index contributed by atoms with van der Waals surface area (Å²) in [5, 5.41) is 2.48. The second-order valence-electron chi connectivity index (χ2n) is 7.79. The second-order valence-corrected chi connectivity index (χ2v) is 8.78. The summed E-state index contributed by atoms with van der Waals surface area (Å²) in [7, 11) is 0. The molecule has 0 aromatic heterocycles. The molecular formula is C25H25NO5S. The highest BCUT2D eigenvalue weighted by Crippen LogP contribution is 2.35. The Bertz CT molecular complexity index is 1100. The van der Waals surface area contributed by atoms with Gasteiger partial charge in [0.2, 0.25) is 12.7 Å². The highest BCUT2D eigenvalue weighted by Gasteiger charge is 2.25. The van der Waals surface area contributed by atoms with Gasteiger partial charge in [0.1, 0.15) is 18.5 Å². The molecule has 1 atom stereocenters. The van der Waals surface area contributed by atoms with Crippen LogP contribution in [0.1, 0.15) is 5.56 Å². The number of amides is 1. The number of carbonyl (C=O) groups is 1. The molecular weight excluding hydrogens is 426 g/mol. The van der Waals surface area contributed by atoms with Crippen molar-refractivity contribution in [3.63, 3.8) is 0 Å². The molecule has 1 unspecified atom stereocenters. The van der Waals surface area contributed by atoms with E-state index in [4.69, 9.17) is 18.9 Å². The van der Waals surface area contributed by atoms with E-state index in [1.807, 2.05) is 29.2 Å². The fourth-order valence-electron chi connectivity index (χ4n) is 3.96. The molecule has 2 aliphatic heterocycles. The van der Waals surface area contributed by atoms with E-state index >= 15 is 0 Å². The van der Waals surface area contributed by atoms with Crippen molar-refractivity contribution in [3.8, 4) is 17.2 Å². The van der Waals surface area contributed by atoms with Crippen LogP contribution in [0.25, 0.3) is 10.8 Å². The minimum atomic E-state index is -0.152. The van der Waals surface area contributed by atoms with Crippen LogP contribution in [0.2, 0.25) is 0 Å². The monoisotopic (exact) mass is 451 g/mol. The van der Waals surface area contributed by atoms with Gasteiger partial charge in [0.15, 0.2) is 11.5 Å². The Kier molecular flexibility index (Phi) is 6.36. The van der Waals surface area contributed by atoms with Crippen LogP contribution in [0.15, 0.2) is 60.7 Å². The molecule has 3 aromatic carbocycles. The van der Waals surface area contributed by atoms with Gasteiger partial charge < -0.3 is 23.8 Å². The third kappa shape index (κ3) is 4.79. The highest BCUT2D eigenvalue weighted by atomic mass is 32.2. The summed E-state index contributed by atoms with van der Waals surface area (Å²) < 4.78 is 22.4. The van der Waals surface area contributed by atoms with E-state index in [0.29, 0.717) is 43.6 Å². The number of ether oxygens (including phenoxy) is 4. The SMILES string of the molecule is O=C(CSCc1cccc2ccccc12)N1CCOC(COc2ccc3c(c2)OCO3)C1. The van der Waals surface area contributed by atoms with E-state index in [9.17, 15) is 4.79 Å². The standard InChI is InChI=1S/C25H25NO5S/c27-25(16-32-15-19-6-3-5-18-4-1-2-7-22(18)19)26-10-11-28-21(13-26)14-29-20-8-9-23-24(12-20)31-17-30-23/h1-9,12,21H,10-11,13-17H2. The molecule has 5 rings (SSSR count). The van der Waals surface area contributed by atoms with Crippen LogP contribution in [0.5, 0.6) is 17.2 Å². The first-order valence-electron chi connectivity index (χ1n) is 10.7. The maximum absolute atomic E-state index is 12.8. The molecule has 7 heteroatoms. The smallest absolute Gasteiger partial charge is 0.232 e. The molecule has 1 fully saturated rings. The third-order valence-electron chi connectivity index (χ3n) is 5.63. The summed E-state index contributed by atoms with van der Waals surface area (Å²) >= 11 is 1.66. The molecule has 166 valence electrons. The van der Waals surface area contributed by atoms with Crippen LogP contribution in [0.4, 0.5) is 0 Å². The number of carbonyl (C=O) groups excluding carboxylic acids is 1. The zero-order chi connectivity index (χ0) is 21.8. The molecule has 2 aliphatic rings. The fraction of sp³-hybridized carbons (Fsp3) is 0.320. The Hall–Kier alpha value is -2.90. The van der Waals surface area contributed by atoms with Gasteiger partial charge in [-0.15, -0.1) is 11.8 Å². The second kappa shape index (κ2) is 9.71. The van der Waals surface area contributed by atoms with Crippen molar-refractivity contribution in [1.29, 1.82) is 0 Å². The lowest BCUT2D eigenvalue weighted by atomic mass is 10.1. The van der Waals surface area contributed by atoms with Gasteiger partial charge >= 0.3 is 0 Å². The number of nitrogens with zero attached hydrogens (tertiary/aromatic N) is 1. The minimum absolute atomic E-state index is 0.145. The molecule has 0 bridgehead atoms. The van der Waals surface area contributed by atoms with Crippen LogP contribution in [-0.2, 0) is 15.3 Å². The van der Waals surface area contributed by atoms with E-state index in [0.717, 1.165) is 11.5 Å². The molecule has 3 aromatic rings. The molecule has 1 amide bonds. The lowest BCUT2D eigenvalue weighted by Crippen LogP contribution is -2.48. The van der Waals surface area contributed by atoms with Crippen LogP contribution in [0, 0.1) is 0 Å². The number of rotatable bonds is 7. The number of benzene rings is 3. The molecule has 0 N–H and O–H groups in total. The zero-order valence-electron chi connectivity index (χ0n) is 17.7. The van der Waals surface area contributed by atoms with Gasteiger partial charge in [-0.2, -0.15) is 0 Å². The number of thioether (sulfide) groups is 1. The van der Waals surface area contributed by atoms with Crippen molar-refractivity contribution < 1.29 is 23.7 Å². The Morgan fingerprint density at radius 2 is 1.94 bits per heavy atom. The number of hydrogen-bond donors (Lipinski definition) is 0. The zero-order valence-corrected chi connectivity index (χ0v) is 18.5. The molecule has 6 nitrogen and oxygen atoms in total. The highest BCUT2D eigenvalue weighted by molar-refractivity contribution is 7.99. The maximum Gasteiger partial charge on any atom is 0.232 e. The topological polar surface area (TPSA) is 57.2 Å². The lowest BCUT2D eigenvalue weighted by Gasteiger charge is -2.32. The summed E-state index contributed by atoms with van der Waals surface area (Å²) in [6.45, 7) is 2.30. The lowest BCUT2D eigenvalue weighted by molar-refractivity contribution is -0.137. The van der Waals surface area contributed by atoms with E-state index in [-0.39, 0.29) is 18.8 Å². The van der Waals surface area contributed by atoms with Crippen molar-refractivity contribution in [3.05, 3.63) is 66.2 Å². The largest absolute Gasteiger partial charge is 0.491 e. The first-order valence-corrected chi connectivity index (χ1v) is 11.9. The minimum Gasteiger partial charge on any atom is -0.491 e. The Morgan fingerprint density at radius 1 is 1.06 bits per heavy atom. The molecule has 0 saturated carbocycles. The van der Waals surface area contributed by atoms with Crippen molar-refractivity contribution in [2.24, 2.45) is 0 Å². The summed E-state index contributed by atoms with van der Waals surface area (Å²) in [5.74, 6) is 3.53. The number of morpholine rings is 1. The van der Waals surface area contributed by atoms with E-state index < -0.39 is 0 Å². The van der Waals surface area contributed by atoms with Crippen molar-refractivity contribution in [1.82, 2.24) is 4.90 Å².